The van der Waals surface area contributed by atoms with E-state index in [4.69, 9.17) is 17.3 Å². The summed E-state index contributed by atoms with van der Waals surface area (Å²) in [6.45, 7) is 1.86. The molecular formula is C13H16ClN5. The maximum absolute atomic E-state index is 6.12. The van der Waals surface area contributed by atoms with Gasteiger partial charge in [0.15, 0.2) is 0 Å². The number of anilines is 1. The molecule has 0 aromatic carbocycles. The number of nitrogens with zero attached hydrogens (tertiary/aromatic N) is 3. The van der Waals surface area contributed by atoms with Crippen LogP contribution in [-0.4, -0.2) is 34.3 Å². The molecule has 3 heterocycles. The highest BCUT2D eigenvalue weighted by atomic mass is 35.5. The number of rotatable bonds is 2. The second kappa shape index (κ2) is 5.19. The lowest BCUT2D eigenvalue weighted by atomic mass is 10.1. The van der Waals surface area contributed by atoms with Gasteiger partial charge < -0.3 is 10.6 Å². The molecule has 2 aromatic heterocycles. The topological polar surface area (TPSA) is 70.8 Å². The van der Waals surface area contributed by atoms with Gasteiger partial charge in [-0.05, 0) is 31.0 Å². The molecule has 6 heteroatoms. The Morgan fingerprint density at radius 3 is 2.79 bits per heavy atom. The molecule has 0 atom stereocenters. The van der Waals surface area contributed by atoms with Crippen molar-refractivity contribution in [1.82, 2.24) is 15.2 Å². The number of nitrogens with one attached hydrogen (secondary N) is 1. The van der Waals surface area contributed by atoms with Crippen molar-refractivity contribution in [2.45, 2.75) is 18.9 Å². The summed E-state index contributed by atoms with van der Waals surface area (Å²) in [5, 5.41) is 7.40. The number of nitrogens with two attached hydrogens (primary N) is 1. The molecular weight excluding hydrogens is 262 g/mol. The monoisotopic (exact) mass is 277 g/mol. The van der Waals surface area contributed by atoms with Gasteiger partial charge in [0, 0.05) is 30.9 Å². The van der Waals surface area contributed by atoms with Crippen LogP contribution in [0.4, 0.5) is 5.82 Å². The Balaban J connectivity index is 1.90. The predicted molar refractivity (Wildman–Crippen MR) is 76.3 cm³/mol. The second-order valence-electron chi connectivity index (χ2n) is 4.83. The molecule has 0 amide bonds. The summed E-state index contributed by atoms with van der Waals surface area (Å²) in [7, 11) is 0. The zero-order chi connectivity index (χ0) is 13.2. The van der Waals surface area contributed by atoms with Crippen molar-refractivity contribution in [3.63, 3.8) is 0 Å². The number of halogens is 1. The first kappa shape index (κ1) is 12.4. The van der Waals surface area contributed by atoms with Crippen LogP contribution in [0.2, 0.25) is 5.15 Å². The first-order chi connectivity index (χ1) is 9.22. The van der Waals surface area contributed by atoms with Gasteiger partial charge in [0.2, 0.25) is 0 Å². The van der Waals surface area contributed by atoms with Crippen molar-refractivity contribution >= 4 is 17.4 Å². The minimum atomic E-state index is 0.308. The molecule has 3 rings (SSSR count). The minimum Gasteiger partial charge on any atom is -0.356 e. The predicted octanol–water partition coefficient (Wildman–Crippen LogP) is 2.05. The van der Waals surface area contributed by atoms with Crippen LogP contribution in [-0.2, 0) is 0 Å². The third-order valence-corrected chi connectivity index (χ3v) is 3.65. The van der Waals surface area contributed by atoms with Gasteiger partial charge in [0.05, 0.1) is 5.69 Å². The standard InChI is InChI=1S/C13H16ClN5/c14-12-7-9(11-1-4-16-18-11)8-13(17-12)19-5-2-10(15)3-6-19/h1,4,7-8,10H,2-3,5-6,15H2,(H,16,18). The molecule has 1 saturated heterocycles. The lowest BCUT2D eigenvalue weighted by molar-refractivity contribution is 0.499. The van der Waals surface area contributed by atoms with E-state index in [0.717, 1.165) is 43.0 Å². The van der Waals surface area contributed by atoms with E-state index in [1.807, 2.05) is 18.2 Å². The molecule has 0 unspecified atom stereocenters. The summed E-state index contributed by atoms with van der Waals surface area (Å²) in [6.07, 6.45) is 3.71. The summed E-state index contributed by atoms with van der Waals surface area (Å²) in [4.78, 5) is 6.64. The van der Waals surface area contributed by atoms with Crippen molar-refractivity contribution in [3.05, 3.63) is 29.5 Å². The molecule has 1 aliphatic heterocycles. The summed E-state index contributed by atoms with van der Waals surface area (Å²) in [6, 6.07) is 6.11. The first-order valence-corrected chi connectivity index (χ1v) is 6.78. The Bertz CT molecular complexity index is 546. The number of piperidine rings is 1. The summed E-state index contributed by atoms with van der Waals surface area (Å²) in [5.41, 5.74) is 7.87. The van der Waals surface area contributed by atoms with Crippen LogP contribution in [0.5, 0.6) is 0 Å². The molecule has 3 N–H and O–H groups in total. The SMILES string of the molecule is NC1CCN(c2cc(-c3ccn[nH]3)cc(Cl)n2)CC1. The van der Waals surface area contributed by atoms with Crippen molar-refractivity contribution in [2.75, 3.05) is 18.0 Å². The normalized spacial score (nSPS) is 16.8. The highest BCUT2D eigenvalue weighted by Crippen LogP contribution is 2.26. The van der Waals surface area contributed by atoms with E-state index in [1.165, 1.54) is 0 Å². The van der Waals surface area contributed by atoms with Crippen LogP contribution in [0.15, 0.2) is 24.4 Å². The third kappa shape index (κ3) is 2.72. The van der Waals surface area contributed by atoms with E-state index in [0.29, 0.717) is 11.2 Å². The van der Waals surface area contributed by atoms with Crippen LogP contribution in [0.3, 0.4) is 0 Å². The molecule has 1 fully saturated rings. The van der Waals surface area contributed by atoms with Crippen LogP contribution in [0.25, 0.3) is 11.3 Å². The van der Waals surface area contributed by atoms with E-state index in [9.17, 15) is 0 Å². The summed E-state index contributed by atoms with van der Waals surface area (Å²) >= 11 is 6.12. The van der Waals surface area contributed by atoms with Crippen LogP contribution < -0.4 is 10.6 Å². The molecule has 0 saturated carbocycles. The maximum atomic E-state index is 6.12. The van der Waals surface area contributed by atoms with Gasteiger partial charge in [0.1, 0.15) is 11.0 Å². The smallest absolute Gasteiger partial charge is 0.132 e. The molecule has 100 valence electrons. The molecule has 0 spiro atoms. The Kier molecular flexibility index (Phi) is 3.40. The van der Waals surface area contributed by atoms with Gasteiger partial charge in [-0.25, -0.2) is 4.98 Å². The average molecular weight is 278 g/mol. The molecule has 0 bridgehead atoms. The lowest BCUT2D eigenvalue weighted by Gasteiger charge is -2.31. The fourth-order valence-corrected chi connectivity index (χ4v) is 2.55. The van der Waals surface area contributed by atoms with E-state index in [2.05, 4.69) is 20.1 Å². The minimum absolute atomic E-state index is 0.308. The highest BCUT2D eigenvalue weighted by Gasteiger charge is 2.18. The maximum Gasteiger partial charge on any atom is 0.132 e. The second-order valence-corrected chi connectivity index (χ2v) is 5.22. The molecule has 19 heavy (non-hydrogen) atoms. The van der Waals surface area contributed by atoms with Gasteiger partial charge in [-0.1, -0.05) is 11.6 Å². The van der Waals surface area contributed by atoms with E-state index in [1.54, 1.807) is 6.20 Å². The van der Waals surface area contributed by atoms with Crippen molar-refractivity contribution in [1.29, 1.82) is 0 Å². The largest absolute Gasteiger partial charge is 0.356 e. The average Bonchev–Trinajstić information content (AvgIpc) is 2.93. The Labute approximate surface area is 116 Å². The van der Waals surface area contributed by atoms with E-state index < -0.39 is 0 Å². The molecule has 2 aromatic rings. The Morgan fingerprint density at radius 2 is 2.11 bits per heavy atom. The number of aromatic amines is 1. The fraction of sp³-hybridized carbons (Fsp3) is 0.385. The van der Waals surface area contributed by atoms with Crippen LogP contribution >= 0.6 is 11.6 Å². The van der Waals surface area contributed by atoms with Crippen LogP contribution in [0.1, 0.15) is 12.8 Å². The number of H-pyrrole nitrogens is 1. The Morgan fingerprint density at radius 1 is 1.32 bits per heavy atom. The molecule has 0 aliphatic carbocycles. The molecule has 1 aliphatic rings. The first-order valence-electron chi connectivity index (χ1n) is 6.40. The van der Waals surface area contributed by atoms with E-state index in [-0.39, 0.29) is 0 Å². The number of hydrogen-bond donors (Lipinski definition) is 2. The molecule has 0 radical (unpaired) electrons. The van der Waals surface area contributed by atoms with Gasteiger partial charge in [0.25, 0.3) is 0 Å². The van der Waals surface area contributed by atoms with Gasteiger partial charge >= 0.3 is 0 Å². The number of aromatic nitrogens is 3. The highest BCUT2D eigenvalue weighted by molar-refractivity contribution is 6.29. The number of hydrogen-bond acceptors (Lipinski definition) is 4. The Hall–Kier alpha value is -1.59. The van der Waals surface area contributed by atoms with Gasteiger partial charge in [-0.2, -0.15) is 5.10 Å². The zero-order valence-corrected chi connectivity index (χ0v) is 11.3. The fourth-order valence-electron chi connectivity index (χ4n) is 2.35. The molecule has 5 nitrogen and oxygen atoms in total. The number of pyridine rings is 1. The van der Waals surface area contributed by atoms with Crippen molar-refractivity contribution < 1.29 is 0 Å². The lowest BCUT2D eigenvalue weighted by Crippen LogP contribution is -2.40. The van der Waals surface area contributed by atoms with E-state index >= 15 is 0 Å². The third-order valence-electron chi connectivity index (χ3n) is 3.46. The summed E-state index contributed by atoms with van der Waals surface area (Å²) in [5.74, 6) is 0.906. The zero-order valence-electron chi connectivity index (χ0n) is 10.5. The summed E-state index contributed by atoms with van der Waals surface area (Å²) < 4.78 is 0. The van der Waals surface area contributed by atoms with Crippen molar-refractivity contribution in [2.24, 2.45) is 5.73 Å². The van der Waals surface area contributed by atoms with Gasteiger partial charge in [-0.15, -0.1) is 0 Å². The quantitative estimate of drug-likeness (QED) is 0.824. The van der Waals surface area contributed by atoms with Gasteiger partial charge in [-0.3, -0.25) is 5.10 Å². The van der Waals surface area contributed by atoms with Crippen LogP contribution in [0, 0.1) is 0 Å². The van der Waals surface area contributed by atoms with Crippen molar-refractivity contribution in [3.8, 4) is 11.3 Å².